The standard InChI is InChI=1S/C17H16N2O3S/c1-19(2)23(21,22)13-8-9-16-14(10-13)15(11-20)17(18-16)12-6-4-3-5-7-12/h3-11,18H,1-2H3. The van der Waals surface area contributed by atoms with Crippen LogP contribution >= 0.6 is 0 Å². The van der Waals surface area contributed by atoms with Gasteiger partial charge in [-0.2, -0.15) is 0 Å². The number of carbonyl (C=O) groups is 1. The first-order valence-corrected chi connectivity index (χ1v) is 8.48. The molecule has 0 spiro atoms. The number of hydrogen-bond donors (Lipinski definition) is 1. The highest BCUT2D eigenvalue weighted by molar-refractivity contribution is 7.89. The van der Waals surface area contributed by atoms with Gasteiger partial charge in [0.2, 0.25) is 10.0 Å². The maximum Gasteiger partial charge on any atom is 0.242 e. The van der Waals surface area contributed by atoms with Crippen LogP contribution in [0.3, 0.4) is 0 Å². The van der Waals surface area contributed by atoms with Gasteiger partial charge < -0.3 is 4.98 Å². The molecule has 0 saturated heterocycles. The lowest BCUT2D eigenvalue weighted by atomic mass is 10.1. The van der Waals surface area contributed by atoms with Crippen molar-refractivity contribution in [2.24, 2.45) is 0 Å². The van der Waals surface area contributed by atoms with Gasteiger partial charge in [0.25, 0.3) is 0 Å². The Balaban J connectivity index is 2.27. The summed E-state index contributed by atoms with van der Waals surface area (Å²) in [5, 5.41) is 0.599. The number of carbonyl (C=O) groups excluding carboxylic acids is 1. The number of rotatable bonds is 4. The largest absolute Gasteiger partial charge is 0.354 e. The molecule has 0 amide bonds. The zero-order valence-corrected chi connectivity index (χ0v) is 13.6. The summed E-state index contributed by atoms with van der Waals surface area (Å²) in [6, 6.07) is 14.2. The number of sulfonamides is 1. The normalized spacial score (nSPS) is 12.0. The number of benzene rings is 2. The highest BCUT2D eigenvalue weighted by atomic mass is 32.2. The molecule has 1 N–H and O–H groups in total. The van der Waals surface area contributed by atoms with Crippen LogP contribution in [0.4, 0.5) is 0 Å². The van der Waals surface area contributed by atoms with Crippen LogP contribution in [0.1, 0.15) is 10.4 Å². The van der Waals surface area contributed by atoms with E-state index in [2.05, 4.69) is 4.98 Å². The second-order valence-electron chi connectivity index (χ2n) is 5.39. The summed E-state index contributed by atoms with van der Waals surface area (Å²) in [5.74, 6) is 0. The van der Waals surface area contributed by atoms with E-state index in [1.54, 1.807) is 6.07 Å². The van der Waals surface area contributed by atoms with Crippen molar-refractivity contribution < 1.29 is 13.2 Å². The van der Waals surface area contributed by atoms with Gasteiger partial charge in [0, 0.05) is 30.6 Å². The summed E-state index contributed by atoms with van der Waals surface area (Å²) in [4.78, 5) is 15.0. The molecule has 0 aliphatic heterocycles. The summed E-state index contributed by atoms with van der Waals surface area (Å²) in [6.07, 6.45) is 0.757. The smallest absolute Gasteiger partial charge is 0.242 e. The van der Waals surface area contributed by atoms with Crippen molar-refractivity contribution in [3.63, 3.8) is 0 Å². The van der Waals surface area contributed by atoms with Gasteiger partial charge in [-0.1, -0.05) is 30.3 Å². The van der Waals surface area contributed by atoms with Crippen LogP contribution in [0.25, 0.3) is 22.2 Å². The van der Waals surface area contributed by atoms with Crippen LogP contribution in [-0.4, -0.2) is 38.1 Å². The van der Waals surface area contributed by atoms with E-state index in [1.165, 1.54) is 26.2 Å². The third kappa shape index (κ3) is 2.56. The fraction of sp³-hybridized carbons (Fsp3) is 0.118. The molecular weight excluding hydrogens is 312 g/mol. The predicted molar refractivity (Wildman–Crippen MR) is 90.0 cm³/mol. The van der Waals surface area contributed by atoms with Gasteiger partial charge in [0.1, 0.15) is 0 Å². The molecule has 0 bridgehead atoms. The first kappa shape index (κ1) is 15.5. The van der Waals surface area contributed by atoms with Gasteiger partial charge in [-0.3, -0.25) is 4.79 Å². The molecule has 1 aromatic heterocycles. The lowest BCUT2D eigenvalue weighted by molar-refractivity contribution is 0.112. The van der Waals surface area contributed by atoms with Crippen LogP contribution < -0.4 is 0 Å². The summed E-state index contributed by atoms with van der Waals surface area (Å²) in [5.41, 5.74) is 2.75. The first-order chi connectivity index (χ1) is 10.9. The summed E-state index contributed by atoms with van der Waals surface area (Å²) in [6.45, 7) is 0. The van der Waals surface area contributed by atoms with E-state index in [9.17, 15) is 13.2 Å². The quantitative estimate of drug-likeness (QED) is 0.749. The molecule has 0 atom stereocenters. The maximum absolute atomic E-state index is 12.3. The van der Waals surface area contributed by atoms with Crippen molar-refractivity contribution in [3.8, 4) is 11.3 Å². The van der Waals surface area contributed by atoms with E-state index in [0.29, 0.717) is 16.6 Å². The second kappa shape index (κ2) is 5.64. The molecule has 0 saturated carbocycles. The van der Waals surface area contributed by atoms with E-state index in [4.69, 9.17) is 0 Å². The molecule has 5 nitrogen and oxygen atoms in total. The summed E-state index contributed by atoms with van der Waals surface area (Å²) in [7, 11) is -0.587. The van der Waals surface area contributed by atoms with E-state index >= 15 is 0 Å². The number of hydrogen-bond acceptors (Lipinski definition) is 3. The van der Waals surface area contributed by atoms with Crippen molar-refractivity contribution in [1.29, 1.82) is 0 Å². The zero-order valence-electron chi connectivity index (χ0n) is 12.8. The van der Waals surface area contributed by atoms with E-state index in [-0.39, 0.29) is 4.90 Å². The van der Waals surface area contributed by atoms with Crippen LogP contribution in [0.15, 0.2) is 53.4 Å². The van der Waals surface area contributed by atoms with Crippen molar-refractivity contribution >= 4 is 27.2 Å². The molecule has 3 rings (SSSR count). The Kier molecular flexibility index (Phi) is 3.79. The third-order valence-electron chi connectivity index (χ3n) is 3.77. The molecule has 23 heavy (non-hydrogen) atoms. The maximum atomic E-state index is 12.3. The molecule has 6 heteroatoms. The minimum absolute atomic E-state index is 0.164. The fourth-order valence-corrected chi connectivity index (χ4v) is 3.45. The highest BCUT2D eigenvalue weighted by Crippen LogP contribution is 2.31. The summed E-state index contributed by atoms with van der Waals surface area (Å²) < 4.78 is 25.7. The number of aldehydes is 1. The molecule has 0 unspecified atom stereocenters. The Morgan fingerprint density at radius 3 is 2.35 bits per heavy atom. The molecule has 0 aliphatic rings. The van der Waals surface area contributed by atoms with Crippen LogP contribution in [-0.2, 0) is 10.0 Å². The Hall–Kier alpha value is -2.44. The molecule has 3 aromatic rings. The van der Waals surface area contributed by atoms with Crippen molar-refractivity contribution in [2.75, 3.05) is 14.1 Å². The number of aromatic nitrogens is 1. The minimum atomic E-state index is -3.55. The number of H-pyrrole nitrogens is 1. The zero-order chi connectivity index (χ0) is 16.6. The first-order valence-electron chi connectivity index (χ1n) is 7.04. The molecule has 2 aromatic carbocycles. The Labute approximate surface area is 134 Å². The van der Waals surface area contributed by atoms with Gasteiger partial charge in [0.15, 0.2) is 6.29 Å². The minimum Gasteiger partial charge on any atom is -0.354 e. The van der Waals surface area contributed by atoms with Gasteiger partial charge in [0.05, 0.1) is 10.6 Å². The van der Waals surface area contributed by atoms with Gasteiger partial charge in [-0.05, 0) is 23.8 Å². The SMILES string of the molecule is CN(C)S(=O)(=O)c1ccc2[nH]c(-c3ccccc3)c(C=O)c2c1. The molecule has 0 radical (unpaired) electrons. The third-order valence-corrected chi connectivity index (χ3v) is 5.58. The van der Waals surface area contributed by atoms with Crippen molar-refractivity contribution in [2.45, 2.75) is 4.90 Å². The molecule has 1 heterocycles. The van der Waals surface area contributed by atoms with Gasteiger partial charge in [-0.25, -0.2) is 12.7 Å². The highest BCUT2D eigenvalue weighted by Gasteiger charge is 2.20. The lowest BCUT2D eigenvalue weighted by Crippen LogP contribution is -2.22. The van der Waals surface area contributed by atoms with Crippen LogP contribution in [0.5, 0.6) is 0 Å². The monoisotopic (exact) mass is 328 g/mol. The predicted octanol–water partition coefficient (Wildman–Crippen LogP) is 2.90. The number of aromatic amines is 1. The summed E-state index contributed by atoms with van der Waals surface area (Å²) >= 11 is 0. The van der Waals surface area contributed by atoms with E-state index < -0.39 is 10.0 Å². The Morgan fingerprint density at radius 2 is 1.74 bits per heavy atom. The van der Waals surface area contributed by atoms with E-state index in [1.807, 2.05) is 30.3 Å². The number of nitrogens with one attached hydrogen (secondary N) is 1. The fourth-order valence-electron chi connectivity index (χ4n) is 2.52. The number of fused-ring (bicyclic) bond motifs is 1. The molecular formula is C17H16N2O3S. The average Bonchev–Trinajstić information content (AvgIpc) is 2.93. The van der Waals surface area contributed by atoms with Crippen molar-refractivity contribution in [1.82, 2.24) is 9.29 Å². The van der Waals surface area contributed by atoms with Crippen LogP contribution in [0, 0.1) is 0 Å². The average molecular weight is 328 g/mol. The topological polar surface area (TPSA) is 70.2 Å². The molecule has 0 fully saturated rings. The number of nitrogens with zero attached hydrogens (tertiary/aromatic N) is 1. The Bertz CT molecular complexity index is 974. The molecule has 118 valence electrons. The molecule has 0 aliphatic carbocycles. The van der Waals surface area contributed by atoms with Crippen LogP contribution in [0.2, 0.25) is 0 Å². The van der Waals surface area contributed by atoms with Gasteiger partial charge >= 0.3 is 0 Å². The lowest BCUT2D eigenvalue weighted by Gasteiger charge is -2.11. The van der Waals surface area contributed by atoms with E-state index in [0.717, 1.165) is 21.7 Å². The van der Waals surface area contributed by atoms with Gasteiger partial charge in [-0.15, -0.1) is 0 Å². The van der Waals surface area contributed by atoms with Crippen molar-refractivity contribution in [3.05, 3.63) is 54.1 Å². The second-order valence-corrected chi connectivity index (χ2v) is 7.54. The Morgan fingerprint density at radius 1 is 1.04 bits per heavy atom.